The van der Waals surface area contributed by atoms with E-state index in [1.807, 2.05) is 39.8 Å². The van der Waals surface area contributed by atoms with Crippen LogP contribution in [0.1, 0.15) is 88.0 Å². The van der Waals surface area contributed by atoms with E-state index >= 15 is 0 Å². The van der Waals surface area contributed by atoms with Crippen LogP contribution >= 0.6 is 0 Å². The number of aromatic nitrogens is 2. The fourth-order valence-electron chi connectivity index (χ4n) is 12.9. The van der Waals surface area contributed by atoms with Crippen molar-refractivity contribution in [3.63, 3.8) is 0 Å². The molecule has 20 nitrogen and oxygen atoms in total. The number of aromatic amines is 2. The maximum absolute atomic E-state index is 14.3. The Morgan fingerprint density at radius 1 is 0.595 bits per heavy atom. The third kappa shape index (κ3) is 14.5. The lowest BCUT2D eigenvalue weighted by Crippen LogP contribution is -2.62. The molecule has 4 fully saturated rings. The molecular weight excluding hydrogens is 1080 g/mol. The molecular formula is C62H84F2N12O8. The van der Waals surface area contributed by atoms with Gasteiger partial charge in [0.2, 0.25) is 23.6 Å². The number of rotatable bonds is 19. The normalized spacial score (nSPS) is 24.6. The van der Waals surface area contributed by atoms with Crippen LogP contribution in [0.5, 0.6) is 0 Å². The lowest BCUT2D eigenvalue weighted by atomic mass is 9.91. The summed E-state index contributed by atoms with van der Waals surface area (Å²) in [6.07, 6.45) is 0.614. The van der Waals surface area contributed by atoms with Gasteiger partial charge in [-0.05, 0) is 74.2 Å². The van der Waals surface area contributed by atoms with Gasteiger partial charge in [0.1, 0.15) is 23.8 Å². The summed E-state index contributed by atoms with van der Waals surface area (Å²) in [4.78, 5) is 101. The van der Waals surface area contributed by atoms with Gasteiger partial charge in [0.05, 0.1) is 37.7 Å². The molecule has 2 aromatic heterocycles. The molecule has 6 atom stereocenters. The number of carbonyl (C=O) groups is 4. The van der Waals surface area contributed by atoms with Gasteiger partial charge >= 0.3 is 0 Å². The number of pyridine rings is 2. The Morgan fingerprint density at radius 3 is 1.38 bits per heavy atom. The molecule has 6 aliphatic rings. The van der Waals surface area contributed by atoms with Gasteiger partial charge in [0.25, 0.3) is 11.1 Å². The van der Waals surface area contributed by atoms with E-state index in [-0.39, 0.29) is 83.6 Å². The number of fused-ring (bicyclic) bond motifs is 2. The van der Waals surface area contributed by atoms with Crippen molar-refractivity contribution in [2.45, 2.75) is 114 Å². The predicted octanol–water partition coefficient (Wildman–Crippen LogP) is 2.21. The van der Waals surface area contributed by atoms with Crippen molar-refractivity contribution in [3.8, 4) is 0 Å². The van der Waals surface area contributed by atoms with E-state index in [4.69, 9.17) is 9.47 Å². The minimum Gasteiger partial charge on any atom is -0.366 e. The molecule has 0 radical (unpaired) electrons. The number of anilines is 2. The van der Waals surface area contributed by atoms with Gasteiger partial charge in [-0.25, -0.2) is 8.78 Å². The number of carbonyl (C=O) groups excluding carboxylic acids is 4. The molecule has 0 saturated carbocycles. The summed E-state index contributed by atoms with van der Waals surface area (Å²) in [6, 6.07) is 16.1. The van der Waals surface area contributed by atoms with Crippen LogP contribution in [0.2, 0.25) is 0 Å². The number of hydrogen-bond acceptors (Lipinski definition) is 14. The second-order valence-corrected chi connectivity index (χ2v) is 25.4. The van der Waals surface area contributed by atoms with E-state index in [1.54, 1.807) is 34.1 Å². The second kappa shape index (κ2) is 26.2. The van der Waals surface area contributed by atoms with Crippen molar-refractivity contribution in [3.05, 3.63) is 127 Å². The highest BCUT2D eigenvalue weighted by Crippen LogP contribution is 2.40. The molecule has 8 heterocycles. The Hall–Kier alpha value is -6.24. The predicted molar refractivity (Wildman–Crippen MR) is 317 cm³/mol. The first-order valence-electron chi connectivity index (χ1n) is 30.0. The van der Waals surface area contributed by atoms with Crippen LogP contribution in [-0.2, 0) is 52.3 Å². The van der Waals surface area contributed by atoms with Crippen molar-refractivity contribution < 1.29 is 37.4 Å². The molecule has 0 unspecified atom stereocenters. The van der Waals surface area contributed by atoms with Crippen molar-refractivity contribution in [2.24, 2.45) is 0 Å². The maximum Gasteiger partial charge on any atom is 0.251 e. The van der Waals surface area contributed by atoms with Crippen LogP contribution in [0.15, 0.2) is 70.3 Å². The molecule has 4 saturated heterocycles. The number of piperazine rings is 2. The van der Waals surface area contributed by atoms with Gasteiger partial charge in [0.15, 0.2) is 0 Å². The third-order valence-corrected chi connectivity index (χ3v) is 17.6. The lowest BCUT2D eigenvalue weighted by molar-refractivity contribution is -0.139. The van der Waals surface area contributed by atoms with E-state index in [1.165, 1.54) is 24.3 Å². The average molecular weight is 1160 g/mol. The molecule has 4 aromatic rings. The van der Waals surface area contributed by atoms with Gasteiger partial charge in [-0.2, -0.15) is 0 Å². The van der Waals surface area contributed by atoms with Crippen LogP contribution in [0.3, 0.4) is 0 Å². The molecule has 10 rings (SSSR count). The maximum atomic E-state index is 14.3. The van der Waals surface area contributed by atoms with Crippen LogP contribution in [-0.4, -0.2) is 208 Å². The van der Waals surface area contributed by atoms with Gasteiger partial charge in [-0.1, -0.05) is 52.0 Å². The standard InChI is InChI=1S/C62H84F2N12O8/c1-39-29-73(35-53(77)75-37-61(3,4)55-49(75)25-43(57(79)69-55)23-41-9-13-45(63)14-10-41)47(27-67-39)31-71-19-21-83-51(33-71)59(81)65-17-7-8-18-66-60(82)52-34-72(20-22-84-52)32-48-28-68-40(2)30-74(48)36-54(78)76-38-62(5,6)56-50(76)26-44(58(80)70-56)24-42-11-15-46(64)16-12-42/h9-16,25-26,39-40,47-48,51-52,67-68H,7-8,17-24,27-38H2,1-6H3,(H,65,81)(H,66,82)(H,69,79)(H,70,80)/t39-,40-,47-,48-,51+,52+/m1/s1. The molecule has 0 bridgehead atoms. The van der Waals surface area contributed by atoms with E-state index < -0.39 is 23.0 Å². The SMILES string of the molecule is C[C@@H]1CN(CC(=O)N2CC(C)(C)c3[nH]c(=O)c(Cc4ccc(F)cc4)cc32)[C@@H](CN2CCO[C@H](C(=O)NCCCCNC(=O)[C@@H]3CN(C[C@H]4CN[C@H](C)CN4CC(=O)N4CC(C)(C)c5[nH]c(=O)c(Cc6ccc(F)cc6)cc54)CCO3)C2)CN1. The van der Waals surface area contributed by atoms with Crippen molar-refractivity contribution in [1.82, 2.24) is 50.8 Å². The smallest absolute Gasteiger partial charge is 0.251 e. The zero-order valence-electron chi connectivity index (χ0n) is 49.5. The summed E-state index contributed by atoms with van der Waals surface area (Å²) in [6.45, 7) is 21.3. The Labute approximate surface area is 490 Å². The van der Waals surface area contributed by atoms with Crippen LogP contribution in [0.4, 0.5) is 20.2 Å². The highest BCUT2D eigenvalue weighted by atomic mass is 19.1. The Kier molecular flexibility index (Phi) is 19.0. The van der Waals surface area contributed by atoms with E-state index in [0.717, 1.165) is 22.5 Å². The number of halogens is 2. The topological polar surface area (TPSA) is 220 Å². The number of morpholine rings is 2. The highest BCUT2D eigenvalue weighted by molar-refractivity contribution is 5.98. The minimum absolute atomic E-state index is 0.00333. The Balaban J connectivity index is 0.653. The van der Waals surface area contributed by atoms with E-state index in [2.05, 4.69) is 64.7 Å². The average Bonchev–Trinajstić information content (AvgIpc) is 2.13. The van der Waals surface area contributed by atoms with Crippen molar-refractivity contribution >= 4 is 35.0 Å². The molecule has 2 aromatic carbocycles. The number of benzene rings is 2. The monoisotopic (exact) mass is 1160 g/mol. The molecule has 454 valence electrons. The fraction of sp³-hybridized carbons (Fsp3) is 0.581. The van der Waals surface area contributed by atoms with Gasteiger partial charge in [-0.15, -0.1) is 0 Å². The summed E-state index contributed by atoms with van der Waals surface area (Å²) >= 11 is 0. The molecule has 4 amide bonds. The molecule has 6 aliphatic heterocycles. The second-order valence-electron chi connectivity index (χ2n) is 25.4. The lowest BCUT2D eigenvalue weighted by Gasteiger charge is -2.43. The molecule has 22 heteroatoms. The van der Waals surface area contributed by atoms with Crippen LogP contribution in [0, 0.1) is 11.6 Å². The van der Waals surface area contributed by atoms with Crippen LogP contribution < -0.4 is 42.2 Å². The first-order valence-corrected chi connectivity index (χ1v) is 30.0. The Bertz CT molecular complexity index is 2930. The number of ether oxygens (including phenoxy) is 2. The van der Waals surface area contributed by atoms with Crippen molar-refractivity contribution in [2.75, 3.05) is 128 Å². The largest absolute Gasteiger partial charge is 0.366 e. The highest BCUT2D eigenvalue weighted by Gasteiger charge is 2.43. The van der Waals surface area contributed by atoms with E-state index in [9.17, 15) is 37.5 Å². The first-order chi connectivity index (χ1) is 40.2. The number of hydrogen-bond donors (Lipinski definition) is 6. The summed E-state index contributed by atoms with van der Waals surface area (Å²) in [5.74, 6) is -1.17. The summed E-state index contributed by atoms with van der Waals surface area (Å²) < 4.78 is 39.2. The number of nitrogens with zero attached hydrogens (tertiary/aromatic N) is 6. The number of nitrogens with one attached hydrogen (secondary N) is 6. The zero-order chi connectivity index (χ0) is 59.5. The minimum atomic E-state index is -0.650. The van der Waals surface area contributed by atoms with Crippen LogP contribution in [0.25, 0.3) is 0 Å². The number of unbranched alkanes of at least 4 members (excludes halogenated alkanes) is 1. The Morgan fingerprint density at radius 2 is 0.988 bits per heavy atom. The quantitative estimate of drug-likeness (QED) is 0.0743. The number of H-pyrrole nitrogens is 2. The summed E-state index contributed by atoms with van der Waals surface area (Å²) in [5, 5.41) is 13.2. The third-order valence-electron chi connectivity index (χ3n) is 17.6. The van der Waals surface area contributed by atoms with E-state index in [0.29, 0.717) is 153 Å². The van der Waals surface area contributed by atoms with Crippen molar-refractivity contribution in [1.29, 1.82) is 0 Å². The van der Waals surface area contributed by atoms with Gasteiger partial charge < -0.3 is 50.5 Å². The fourth-order valence-corrected chi connectivity index (χ4v) is 12.9. The van der Waals surface area contributed by atoms with Gasteiger partial charge in [0, 0.05) is 162 Å². The summed E-state index contributed by atoms with van der Waals surface area (Å²) in [7, 11) is 0. The summed E-state index contributed by atoms with van der Waals surface area (Å²) in [5.41, 5.74) is 4.10. The molecule has 6 N–H and O–H groups in total. The molecule has 0 spiro atoms. The number of amides is 4. The molecule has 84 heavy (non-hydrogen) atoms. The first kappa shape index (κ1) is 60.9. The van der Waals surface area contributed by atoms with Gasteiger partial charge in [-0.3, -0.25) is 48.4 Å². The zero-order valence-corrected chi connectivity index (χ0v) is 49.5. The molecule has 0 aliphatic carbocycles.